The number of hydrogen-bond acceptors (Lipinski definition) is 4. The third-order valence-corrected chi connectivity index (χ3v) is 7.55. The summed E-state index contributed by atoms with van der Waals surface area (Å²) in [5.41, 5.74) is -0.462. The van der Waals surface area contributed by atoms with Crippen LogP contribution < -0.4 is 0 Å². The average Bonchev–Trinajstić information content (AvgIpc) is 2.77. The van der Waals surface area contributed by atoms with Crippen molar-refractivity contribution in [2.24, 2.45) is 23.7 Å². The van der Waals surface area contributed by atoms with E-state index in [2.05, 4.69) is 36.7 Å². The van der Waals surface area contributed by atoms with Gasteiger partial charge in [-0.15, -0.1) is 0 Å². The summed E-state index contributed by atoms with van der Waals surface area (Å²) in [6.45, 7) is 8.79. The molecule has 5 fully saturated rings. The predicted molar refractivity (Wildman–Crippen MR) is 93.9 cm³/mol. The quantitative estimate of drug-likeness (QED) is 0.591. The van der Waals surface area contributed by atoms with Gasteiger partial charge in [0.15, 0.2) is 5.60 Å². The van der Waals surface area contributed by atoms with Crippen LogP contribution in [-0.2, 0) is 19.2 Å². The van der Waals surface area contributed by atoms with Gasteiger partial charge >= 0.3 is 0 Å². The van der Waals surface area contributed by atoms with Gasteiger partial charge in [-0.3, -0.25) is 0 Å². The molecule has 5 heteroatoms. The standard InChI is InChI=1S/C19H29BrO4/c1-5-6-15(20)16-12(3)14-8-7-11(2)13-9-10-18(4)22-17(21-16)19(13,14)24-23-18/h11-14,17H,5-10H2,1-4H3/b16-15+/t11-,12-,13+,14+,17-,18?,19-/m1/s1. The Hall–Kier alpha value is -0.100. The van der Waals surface area contributed by atoms with Crippen molar-refractivity contribution in [3.8, 4) is 0 Å². The first-order chi connectivity index (χ1) is 11.4. The lowest BCUT2D eigenvalue weighted by atomic mass is 9.58. The van der Waals surface area contributed by atoms with E-state index >= 15 is 0 Å². The minimum Gasteiger partial charge on any atom is -0.465 e. The van der Waals surface area contributed by atoms with Crippen LogP contribution in [0.2, 0.25) is 0 Å². The van der Waals surface area contributed by atoms with Crippen LogP contribution in [0.3, 0.4) is 0 Å². The van der Waals surface area contributed by atoms with Crippen LogP contribution in [0.4, 0.5) is 0 Å². The molecule has 24 heavy (non-hydrogen) atoms. The third kappa shape index (κ3) is 2.34. The van der Waals surface area contributed by atoms with Gasteiger partial charge in [0.1, 0.15) is 5.76 Å². The van der Waals surface area contributed by atoms with E-state index < -0.39 is 11.4 Å². The molecular weight excluding hydrogens is 372 g/mol. The maximum Gasteiger partial charge on any atom is 0.235 e. The zero-order chi connectivity index (χ0) is 17.1. The molecule has 4 aliphatic heterocycles. The van der Waals surface area contributed by atoms with Crippen LogP contribution in [-0.4, -0.2) is 17.7 Å². The molecule has 0 aromatic rings. The van der Waals surface area contributed by atoms with E-state index in [9.17, 15) is 0 Å². The van der Waals surface area contributed by atoms with E-state index in [1.54, 1.807) is 0 Å². The fourth-order valence-electron chi connectivity index (χ4n) is 5.44. The number of ether oxygens (including phenoxy) is 2. The fourth-order valence-corrected chi connectivity index (χ4v) is 6.30. The van der Waals surface area contributed by atoms with Crippen LogP contribution in [0.5, 0.6) is 0 Å². The first-order valence-corrected chi connectivity index (χ1v) is 10.3. The van der Waals surface area contributed by atoms with E-state index in [0.29, 0.717) is 23.7 Å². The highest BCUT2D eigenvalue weighted by Crippen LogP contribution is 2.61. The molecule has 0 radical (unpaired) electrons. The van der Waals surface area contributed by atoms with E-state index in [-0.39, 0.29) is 6.29 Å². The second-order valence-electron chi connectivity index (χ2n) is 8.34. The second kappa shape index (κ2) is 5.97. The number of halogens is 1. The number of allylic oxidation sites excluding steroid dienone is 2. The van der Waals surface area contributed by atoms with Crippen molar-refractivity contribution in [2.45, 2.75) is 83.9 Å². The van der Waals surface area contributed by atoms with E-state index in [1.165, 1.54) is 10.9 Å². The number of fused-ring (bicyclic) bond motifs is 2. The van der Waals surface area contributed by atoms with Crippen molar-refractivity contribution >= 4 is 15.9 Å². The Kier molecular flexibility index (Phi) is 4.31. The van der Waals surface area contributed by atoms with Crippen LogP contribution in [0.25, 0.3) is 0 Å². The molecule has 5 rings (SSSR count). The van der Waals surface area contributed by atoms with Gasteiger partial charge in [0.05, 0.1) is 0 Å². The van der Waals surface area contributed by atoms with Crippen LogP contribution in [0.15, 0.2) is 10.2 Å². The Balaban J connectivity index is 1.79. The number of rotatable bonds is 2. The van der Waals surface area contributed by atoms with Gasteiger partial charge in [-0.1, -0.05) is 43.1 Å². The summed E-state index contributed by atoms with van der Waals surface area (Å²) in [4.78, 5) is 12.0. The maximum atomic E-state index is 6.48. The normalized spacial score (nSPS) is 52.3. The maximum absolute atomic E-state index is 6.48. The second-order valence-corrected chi connectivity index (χ2v) is 9.29. The Morgan fingerprint density at radius 3 is 2.71 bits per heavy atom. The largest absolute Gasteiger partial charge is 0.465 e. The fraction of sp³-hybridized carbons (Fsp3) is 0.895. The van der Waals surface area contributed by atoms with E-state index in [4.69, 9.17) is 19.2 Å². The summed E-state index contributed by atoms with van der Waals surface area (Å²) in [5.74, 6) is 2.09. The summed E-state index contributed by atoms with van der Waals surface area (Å²) in [6, 6.07) is 0. The minimum absolute atomic E-state index is 0.312. The van der Waals surface area contributed by atoms with Gasteiger partial charge in [0, 0.05) is 28.7 Å². The molecule has 7 atom stereocenters. The van der Waals surface area contributed by atoms with Crippen molar-refractivity contribution in [3.05, 3.63) is 10.2 Å². The molecule has 0 N–H and O–H groups in total. The SMILES string of the molecule is CCC/C(Br)=C1\O[C@@H]2OC3(C)CC[C@H]4[C@H](C)CC[C@@H]([C@H]1C)[C@@]24OO3. The summed E-state index contributed by atoms with van der Waals surface area (Å²) < 4.78 is 14.0. The van der Waals surface area contributed by atoms with E-state index in [0.717, 1.165) is 37.9 Å². The molecule has 0 aromatic heterocycles. The molecule has 1 spiro atoms. The lowest BCUT2D eigenvalue weighted by Crippen LogP contribution is -2.68. The van der Waals surface area contributed by atoms with Crippen LogP contribution in [0, 0.1) is 23.7 Å². The molecule has 1 saturated carbocycles. The lowest BCUT2D eigenvalue weighted by Gasteiger charge is -2.59. The molecule has 136 valence electrons. The van der Waals surface area contributed by atoms with Crippen molar-refractivity contribution in [1.29, 1.82) is 0 Å². The van der Waals surface area contributed by atoms with Gasteiger partial charge in [-0.2, -0.15) is 0 Å². The Morgan fingerprint density at radius 1 is 1.17 bits per heavy atom. The Morgan fingerprint density at radius 2 is 1.96 bits per heavy atom. The van der Waals surface area contributed by atoms with Gasteiger partial charge in [-0.25, -0.2) is 9.78 Å². The molecular formula is C19H29BrO4. The van der Waals surface area contributed by atoms with Crippen LogP contribution in [0.1, 0.15) is 66.2 Å². The molecule has 0 amide bonds. The highest BCUT2D eigenvalue weighted by atomic mass is 79.9. The first-order valence-electron chi connectivity index (χ1n) is 9.51. The van der Waals surface area contributed by atoms with Crippen molar-refractivity contribution < 1.29 is 19.2 Å². The average molecular weight is 401 g/mol. The predicted octanol–water partition coefficient (Wildman–Crippen LogP) is 5.27. The molecule has 0 aromatic carbocycles. The van der Waals surface area contributed by atoms with E-state index in [1.807, 2.05) is 6.92 Å². The van der Waals surface area contributed by atoms with Crippen molar-refractivity contribution in [2.75, 3.05) is 0 Å². The van der Waals surface area contributed by atoms with Crippen molar-refractivity contribution in [1.82, 2.24) is 0 Å². The summed E-state index contributed by atoms with van der Waals surface area (Å²) in [7, 11) is 0. The van der Waals surface area contributed by atoms with Crippen molar-refractivity contribution in [3.63, 3.8) is 0 Å². The molecule has 1 aliphatic carbocycles. The summed E-state index contributed by atoms with van der Waals surface area (Å²) in [5, 5.41) is 0. The van der Waals surface area contributed by atoms with Gasteiger partial charge in [0.2, 0.25) is 12.1 Å². The zero-order valence-electron chi connectivity index (χ0n) is 15.1. The summed E-state index contributed by atoms with van der Waals surface area (Å²) in [6.07, 6.45) is 6.05. The zero-order valence-corrected chi connectivity index (χ0v) is 16.7. The monoisotopic (exact) mass is 400 g/mol. The highest BCUT2D eigenvalue weighted by Gasteiger charge is 2.69. The topological polar surface area (TPSA) is 36.9 Å². The molecule has 4 nitrogen and oxygen atoms in total. The smallest absolute Gasteiger partial charge is 0.235 e. The molecule has 4 saturated heterocycles. The minimum atomic E-state index is -0.694. The van der Waals surface area contributed by atoms with Gasteiger partial charge in [0.25, 0.3) is 0 Å². The van der Waals surface area contributed by atoms with Crippen LogP contribution >= 0.6 is 15.9 Å². The molecule has 5 aliphatic rings. The molecule has 1 unspecified atom stereocenters. The highest BCUT2D eigenvalue weighted by molar-refractivity contribution is 9.11. The molecule has 4 heterocycles. The van der Waals surface area contributed by atoms with Gasteiger partial charge in [-0.05, 0) is 38.5 Å². The van der Waals surface area contributed by atoms with Gasteiger partial charge < -0.3 is 9.47 Å². The lowest BCUT2D eigenvalue weighted by molar-refractivity contribution is -0.562. The number of hydrogen-bond donors (Lipinski definition) is 0. The summed E-state index contributed by atoms with van der Waals surface area (Å²) >= 11 is 3.77. The Bertz CT molecular complexity index is 549. The third-order valence-electron chi connectivity index (χ3n) is 6.76. The Labute approximate surface area is 153 Å². The molecule has 2 bridgehead atoms. The first kappa shape index (κ1) is 17.3.